The molecule has 0 radical (unpaired) electrons. The zero-order valence-corrected chi connectivity index (χ0v) is 13.2. The maximum Gasteiger partial charge on any atom is 0.338 e. The van der Waals surface area contributed by atoms with Gasteiger partial charge in [-0.25, -0.2) is 4.79 Å². The Morgan fingerprint density at radius 3 is 2.60 bits per heavy atom. The number of unbranched alkanes of at least 4 members (excludes halogenated alkanes) is 3. The Morgan fingerprint density at radius 1 is 1.25 bits per heavy atom. The van der Waals surface area contributed by atoms with E-state index in [9.17, 15) is 4.79 Å². The van der Waals surface area contributed by atoms with Gasteiger partial charge in [0.25, 0.3) is 0 Å². The quantitative estimate of drug-likeness (QED) is 0.456. The predicted octanol–water partition coefficient (Wildman–Crippen LogP) is 4.40. The standard InChI is InChI=1S/C17H27NO2/c1-5-6-7-8-9-13(3)20-17(19)16-11-15(18)10-12(2)14(16)4/h10-11,13H,5-9,18H2,1-4H3. The van der Waals surface area contributed by atoms with Crippen molar-refractivity contribution < 1.29 is 9.53 Å². The average molecular weight is 277 g/mol. The highest BCUT2D eigenvalue weighted by Gasteiger charge is 2.15. The second kappa shape index (κ2) is 7.93. The van der Waals surface area contributed by atoms with Gasteiger partial charge in [0.15, 0.2) is 0 Å². The number of anilines is 1. The van der Waals surface area contributed by atoms with E-state index in [4.69, 9.17) is 10.5 Å². The van der Waals surface area contributed by atoms with Crippen molar-refractivity contribution in [3.05, 3.63) is 28.8 Å². The smallest absolute Gasteiger partial charge is 0.338 e. The average Bonchev–Trinajstić information content (AvgIpc) is 2.38. The fourth-order valence-electron chi connectivity index (χ4n) is 2.26. The van der Waals surface area contributed by atoms with Crippen molar-refractivity contribution in [3.63, 3.8) is 0 Å². The zero-order chi connectivity index (χ0) is 15.1. The maximum absolute atomic E-state index is 12.2. The van der Waals surface area contributed by atoms with Crippen molar-refractivity contribution in [2.24, 2.45) is 0 Å². The molecule has 1 unspecified atom stereocenters. The second-order valence-electron chi connectivity index (χ2n) is 5.58. The number of carbonyl (C=O) groups is 1. The summed E-state index contributed by atoms with van der Waals surface area (Å²) in [6, 6.07) is 3.58. The summed E-state index contributed by atoms with van der Waals surface area (Å²) in [5, 5.41) is 0. The first kappa shape index (κ1) is 16.5. The van der Waals surface area contributed by atoms with Crippen LogP contribution in [0, 0.1) is 13.8 Å². The van der Waals surface area contributed by atoms with Crippen LogP contribution in [0.4, 0.5) is 5.69 Å². The molecule has 0 aliphatic heterocycles. The molecule has 0 heterocycles. The fourth-order valence-corrected chi connectivity index (χ4v) is 2.26. The third-order valence-electron chi connectivity index (χ3n) is 3.68. The van der Waals surface area contributed by atoms with Crippen molar-refractivity contribution in [2.45, 2.75) is 65.9 Å². The van der Waals surface area contributed by atoms with E-state index in [2.05, 4.69) is 6.92 Å². The summed E-state index contributed by atoms with van der Waals surface area (Å²) in [6.07, 6.45) is 5.66. The minimum atomic E-state index is -0.263. The highest BCUT2D eigenvalue weighted by molar-refractivity contribution is 5.92. The van der Waals surface area contributed by atoms with Gasteiger partial charge in [0, 0.05) is 5.69 Å². The number of nitrogen functional groups attached to an aromatic ring is 1. The predicted molar refractivity (Wildman–Crippen MR) is 84.0 cm³/mol. The molecule has 3 heteroatoms. The molecule has 0 spiro atoms. The highest BCUT2D eigenvalue weighted by Crippen LogP contribution is 2.20. The van der Waals surface area contributed by atoms with Crippen molar-refractivity contribution in [1.82, 2.24) is 0 Å². The van der Waals surface area contributed by atoms with Gasteiger partial charge in [0.05, 0.1) is 11.7 Å². The van der Waals surface area contributed by atoms with Crippen LogP contribution >= 0.6 is 0 Å². The fraction of sp³-hybridized carbons (Fsp3) is 0.588. The van der Waals surface area contributed by atoms with Crippen molar-refractivity contribution >= 4 is 11.7 Å². The molecule has 1 atom stereocenters. The minimum absolute atomic E-state index is 0.0412. The van der Waals surface area contributed by atoms with E-state index in [0.29, 0.717) is 11.3 Å². The molecule has 0 aliphatic rings. The Hall–Kier alpha value is -1.51. The van der Waals surface area contributed by atoms with Gasteiger partial charge in [-0.05, 0) is 56.9 Å². The molecule has 0 saturated heterocycles. The second-order valence-corrected chi connectivity index (χ2v) is 5.58. The van der Waals surface area contributed by atoms with Gasteiger partial charge in [0.2, 0.25) is 0 Å². The summed E-state index contributed by atoms with van der Waals surface area (Å²) in [6.45, 7) is 8.03. The molecule has 0 amide bonds. The Labute approximate surface area is 122 Å². The van der Waals surface area contributed by atoms with Crippen LogP contribution in [0.25, 0.3) is 0 Å². The summed E-state index contributed by atoms with van der Waals surface area (Å²) in [5.41, 5.74) is 8.96. The van der Waals surface area contributed by atoms with Crippen LogP contribution in [0.5, 0.6) is 0 Å². The molecule has 3 nitrogen and oxygen atoms in total. The lowest BCUT2D eigenvalue weighted by Crippen LogP contribution is -2.16. The molecule has 1 aromatic rings. The number of nitrogens with two attached hydrogens (primary N) is 1. The molecular formula is C17H27NO2. The third kappa shape index (κ3) is 4.87. The number of carbonyl (C=O) groups excluding carboxylic acids is 1. The van der Waals surface area contributed by atoms with E-state index in [1.54, 1.807) is 6.07 Å². The lowest BCUT2D eigenvalue weighted by molar-refractivity contribution is 0.0318. The number of rotatable bonds is 7. The number of aryl methyl sites for hydroxylation is 1. The first-order chi connectivity index (χ1) is 9.45. The van der Waals surface area contributed by atoms with Crippen LogP contribution in [0.1, 0.15) is 67.4 Å². The lowest BCUT2D eigenvalue weighted by Gasteiger charge is -2.15. The van der Waals surface area contributed by atoms with Gasteiger partial charge < -0.3 is 10.5 Å². The van der Waals surface area contributed by atoms with E-state index < -0.39 is 0 Å². The molecule has 0 aromatic heterocycles. The molecule has 20 heavy (non-hydrogen) atoms. The summed E-state index contributed by atoms with van der Waals surface area (Å²) in [4.78, 5) is 12.2. The monoisotopic (exact) mass is 277 g/mol. The molecule has 2 N–H and O–H groups in total. The van der Waals surface area contributed by atoms with E-state index in [1.807, 2.05) is 26.8 Å². The lowest BCUT2D eigenvalue weighted by atomic mass is 10.0. The van der Waals surface area contributed by atoms with Crippen LogP contribution in [0.3, 0.4) is 0 Å². The van der Waals surface area contributed by atoms with Gasteiger partial charge in [-0.3, -0.25) is 0 Å². The van der Waals surface area contributed by atoms with Crippen molar-refractivity contribution in [1.29, 1.82) is 0 Å². The van der Waals surface area contributed by atoms with Gasteiger partial charge in [0.1, 0.15) is 0 Å². The number of esters is 1. The molecule has 1 rings (SSSR count). The van der Waals surface area contributed by atoms with Crippen LogP contribution in [0.15, 0.2) is 12.1 Å². The summed E-state index contributed by atoms with van der Waals surface area (Å²) in [7, 11) is 0. The number of hydrogen-bond donors (Lipinski definition) is 1. The summed E-state index contributed by atoms with van der Waals surface area (Å²) in [5.74, 6) is -0.263. The summed E-state index contributed by atoms with van der Waals surface area (Å²) < 4.78 is 5.51. The number of hydrogen-bond acceptors (Lipinski definition) is 3. The van der Waals surface area contributed by atoms with E-state index in [0.717, 1.165) is 24.0 Å². The molecule has 0 fully saturated rings. The largest absolute Gasteiger partial charge is 0.459 e. The maximum atomic E-state index is 12.2. The first-order valence-electron chi connectivity index (χ1n) is 7.53. The zero-order valence-electron chi connectivity index (χ0n) is 13.2. The Kier molecular flexibility index (Phi) is 6.56. The molecule has 112 valence electrons. The Morgan fingerprint density at radius 2 is 1.95 bits per heavy atom. The summed E-state index contributed by atoms with van der Waals surface area (Å²) >= 11 is 0. The van der Waals surface area contributed by atoms with Gasteiger partial charge in [-0.2, -0.15) is 0 Å². The van der Waals surface area contributed by atoms with Gasteiger partial charge in [-0.15, -0.1) is 0 Å². The van der Waals surface area contributed by atoms with E-state index >= 15 is 0 Å². The van der Waals surface area contributed by atoms with Crippen molar-refractivity contribution in [2.75, 3.05) is 5.73 Å². The minimum Gasteiger partial charge on any atom is -0.459 e. The number of ether oxygens (including phenoxy) is 1. The SMILES string of the molecule is CCCCCCC(C)OC(=O)c1cc(N)cc(C)c1C. The molecule has 0 bridgehead atoms. The molecule has 0 aliphatic carbocycles. The van der Waals surface area contributed by atoms with Crippen LogP contribution in [0.2, 0.25) is 0 Å². The molecule has 0 saturated carbocycles. The Bertz CT molecular complexity index is 455. The van der Waals surface area contributed by atoms with Gasteiger partial charge >= 0.3 is 5.97 Å². The van der Waals surface area contributed by atoms with Crippen LogP contribution < -0.4 is 5.73 Å². The third-order valence-corrected chi connectivity index (χ3v) is 3.68. The normalized spacial score (nSPS) is 12.2. The highest BCUT2D eigenvalue weighted by atomic mass is 16.5. The van der Waals surface area contributed by atoms with E-state index in [-0.39, 0.29) is 12.1 Å². The molecular weight excluding hydrogens is 250 g/mol. The number of benzene rings is 1. The Balaban J connectivity index is 2.58. The topological polar surface area (TPSA) is 52.3 Å². The van der Waals surface area contributed by atoms with Crippen molar-refractivity contribution in [3.8, 4) is 0 Å². The van der Waals surface area contributed by atoms with Gasteiger partial charge in [-0.1, -0.05) is 26.2 Å². The molecule has 1 aromatic carbocycles. The first-order valence-corrected chi connectivity index (χ1v) is 7.53. The van der Waals surface area contributed by atoms with Crippen LogP contribution in [-0.4, -0.2) is 12.1 Å². The van der Waals surface area contributed by atoms with E-state index in [1.165, 1.54) is 19.3 Å². The van der Waals surface area contributed by atoms with Crippen LogP contribution in [-0.2, 0) is 4.74 Å².